The van der Waals surface area contributed by atoms with Crippen LogP contribution in [-0.4, -0.2) is 47.4 Å². The number of carbonyl (C=O) groups is 4. The quantitative estimate of drug-likeness (QED) is 0.234. The van der Waals surface area contributed by atoms with Crippen molar-refractivity contribution in [1.82, 2.24) is 10.3 Å². The highest BCUT2D eigenvalue weighted by Gasteiger charge is 2.18. The summed E-state index contributed by atoms with van der Waals surface area (Å²) in [5.41, 5.74) is 3.77. The van der Waals surface area contributed by atoms with Gasteiger partial charge in [-0.3, -0.25) is 19.4 Å². The number of aryl methyl sites for hydroxylation is 1. The number of Topliss-reactive ketones (excluding diaryl/α,β-unsaturated/α-hetero) is 1. The number of hydrogen-bond acceptors (Lipinski definition) is 7. The maximum absolute atomic E-state index is 12.6. The number of carboxylic acid groups (broad SMARTS) is 1. The Bertz CT molecular complexity index is 1330. The summed E-state index contributed by atoms with van der Waals surface area (Å²) in [5.74, 6) is -1.10. The number of rotatable bonds is 12. The van der Waals surface area contributed by atoms with Crippen LogP contribution >= 0.6 is 0 Å². The Kier molecular flexibility index (Phi) is 9.96. The SMILES string of the molecule is COc1cc(CC(=O)CNc2ccc(C(CC(=O)O)NC(C)=O)nc2)ccc1NC(=O)Nc1ccccc1C. The highest BCUT2D eigenvalue weighted by molar-refractivity contribution is 6.01. The number of nitrogens with zero attached hydrogens (tertiary/aromatic N) is 1. The number of amides is 3. The lowest BCUT2D eigenvalue weighted by molar-refractivity contribution is -0.137. The molecule has 0 fully saturated rings. The van der Waals surface area contributed by atoms with E-state index in [4.69, 9.17) is 9.84 Å². The summed E-state index contributed by atoms with van der Waals surface area (Å²) >= 11 is 0. The molecular formula is C28H31N5O6. The molecule has 0 saturated carbocycles. The molecule has 1 unspecified atom stereocenters. The largest absolute Gasteiger partial charge is 0.495 e. The fourth-order valence-electron chi connectivity index (χ4n) is 3.79. The number of methoxy groups -OCH3 is 1. The van der Waals surface area contributed by atoms with E-state index in [0.29, 0.717) is 34.1 Å². The molecule has 3 aromatic rings. The van der Waals surface area contributed by atoms with Crippen molar-refractivity contribution in [2.24, 2.45) is 0 Å². The average Bonchev–Trinajstić information content (AvgIpc) is 2.89. The normalized spacial score (nSPS) is 11.2. The van der Waals surface area contributed by atoms with E-state index >= 15 is 0 Å². The Labute approximate surface area is 226 Å². The molecular weight excluding hydrogens is 502 g/mol. The number of benzene rings is 2. The van der Waals surface area contributed by atoms with Crippen molar-refractivity contribution in [3.05, 3.63) is 77.6 Å². The summed E-state index contributed by atoms with van der Waals surface area (Å²) in [6.45, 7) is 3.24. The van der Waals surface area contributed by atoms with E-state index in [1.807, 2.05) is 25.1 Å². The topological polar surface area (TPSA) is 159 Å². The summed E-state index contributed by atoms with van der Waals surface area (Å²) in [5, 5.41) is 20.2. The van der Waals surface area contributed by atoms with Crippen LogP contribution in [0.25, 0.3) is 0 Å². The Hall–Kier alpha value is -4.93. The maximum atomic E-state index is 12.6. The fraction of sp³-hybridized carbons (Fsp3) is 0.250. The van der Waals surface area contributed by atoms with E-state index in [1.165, 1.54) is 20.2 Å². The van der Waals surface area contributed by atoms with Crippen molar-refractivity contribution in [2.45, 2.75) is 32.7 Å². The number of anilines is 3. The minimum Gasteiger partial charge on any atom is -0.495 e. The Morgan fingerprint density at radius 3 is 2.38 bits per heavy atom. The van der Waals surface area contributed by atoms with E-state index in [9.17, 15) is 19.2 Å². The van der Waals surface area contributed by atoms with E-state index in [0.717, 1.165) is 5.56 Å². The highest BCUT2D eigenvalue weighted by atomic mass is 16.5. The van der Waals surface area contributed by atoms with Crippen molar-refractivity contribution < 1.29 is 29.0 Å². The number of pyridine rings is 1. The van der Waals surface area contributed by atoms with Crippen LogP contribution in [0, 0.1) is 6.92 Å². The second-order valence-electron chi connectivity index (χ2n) is 8.82. The molecule has 1 atom stereocenters. The summed E-state index contributed by atoms with van der Waals surface area (Å²) in [7, 11) is 1.48. The highest BCUT2D eigenvalue weighted by Crippen LogP contribution is 2.26. The van der Waals surface area contributed by atoms with Gasteiger partial charge in [-0.1, -0.05) is 24.3 Å². The van der Waals surface area contributed by atoms with Crippen LogP contribution in [0.3, 0.4) is 0 Å². The third-order valence-corrected chi connectivity index (χ3v) is 5.70. The Balaban J connectivity index is 1.55. The average molecular weight is 534 g/mol. The van der Waals surface area contributed by atoms with Crippen LogP contribution < -0.4 is 26.0 Å². The van der Waals surface area contributed by atoms with Gasteiger partial charge in [0, 0.05) is 19.0 Å². The first-order valence-electron chi connectivity index (χ1n) is 12.2. The van der Waals surface area contributed by atoms with Crippen molar-refractivity contribution in [3.63, 3.8) is 0 Å². The van der Waals surface area contributed by atoms with Crippen LogP contribution in [0.2, 0.25) is 0 Å². The Morgan fingerprint density at radius 1 is 1.00 bits per heavy atom. The number of ketones is 1. The molecule has 39 heavy (non-hydrogen) atoms. The van der Waals surface area contributed by atoms with Gasteiger partial charge in [-0.25, -0.2) is 4.79 Å². The lowest BCUT2D eigenvalue weighted by Crippen LogP contribution is -2.28. The van der Waals surface area contributed by atoms with Gasteiger partial charge in [0.15, 0.2) is 5.78 Å². The molecule has 0 radical (unpaired) electrons. The second-order valence-corrected chi connectivity index (χ2v) is 8.82. The van der Waals surface area contributed by atoms with Crippen molar-refractivity contribution in [3.8, 4) is 5.75 Å². The van der Waals surface area contributed by atoms with E-state index in [1.54, 1.807) is 36.4 Å². The smallest absolute Gasteiger partial charge is 0.323 e. The van der Waals surface area contributed by atoms with Gasteiger partial charge in [-0.15, -0.1) is 0 Å². The first-order chi connectivity index (χ1) is 18.6. The molecule has 1 heterocycles. The molecule has 0 aliphatic carbocycles. The van der Waals surface area contributed by atoms with Crippen molar-refractivity contribution in [2.75, 3.05) is 29.6 Å². The first-order valence-corrected chi connectivity index (χ1v) is 12.2. The monoisotopic (exact) mass is 533 g/mol. The molecule has 11 heteroatoms. The molecule has 0 bridgehead atoms. The molecule has 204 valence electrons. The maximum Gasteiger partial charge on any atom is 0.323 e. The standard InChI is InChI=1S/C28H31N5O6/c1-17-6-4-5-7-22(17)32-28(38)33-24-10-8-19(13-26(24)39-3)12-21(35)16-29-20-9-11-23(30-15-20)25(14-27(36)37)31-18(2)34/h4-11,13,15,25,29H,12,14,16H2,1-3H3,(H,31,34)(H,36,37)(H2,32,33,38). The minimum atomic E-state index is -1.06. The van der Waals surface area contributed by atoms with Gasteiger partial charge in [-0.2, -0.15) is 0 Å². The Morgan fingerprint density at radius 2 is 1.74 bits per heavy atom. The summed E-state index contributed by atoms with van der Waals surface area (Å²) in [6, 6.07) is 14.6. The van der Waals surface area contributed by atoms with Crippen molar-refractivity contribution >= 4 is 40.8 Å². The van der Waals surface area contributed by atoms with Crippen LogP contribution in [0.5, 0.6) is 5.75 Å². The number of aliphatic carboxylic acids is 1. The number of carboxylic acids is 1. The van der Waals surface area contributed by atoms with Gasteiger partial charge in [-0.05, 0) is 48.4 Å². The third-order valence-electron chi connectivity index (χ3n) is 5.70. The second kappa shape index (κ2) is 13.6. The third kappa shape index (κ3) is 8.85. The molecule has 5 N–H and O–H groups in total. The van der Waals surface area contributed by atoms with Gasteiger partial charge in [0.2, 0.25) is 5.91 Å². The lowest BCUT2D eigenvalue weighted by Gasteiger charge is -2.16. The van der Waals surface area contributed by atoms with E-state index in [2.05, 4.69) is 26.3 Å². The molecule has 11 nitrogen and oxygen atoms in total. The molecule has 1 aromatic heterocycles. The zero-order valence-electron chi connectivity index (χ0n) is 21.9. The fourth-order valence-corrected chi connectivity index (χ4v) is 3.79. The number of carbonyl (C=O) groups excluding carboxylic acids is 3. The van der Waals surface area contributed by atoms with Crippen molar-refractivity contribution in [1.29, 1.82) is 0 Å². The zero-order chi connectivity index (χ0) is 28.4. The summed E-state index contributed by atoms with van der Waals surface area (Å²) in [4.78, 5) is 51.7. The number of aromatic nitrogens is 1. The van der Waals surface area contributed by atoms with Gasteiger partial charge >= 0.3 is 12.0 Å². The lowest BCUT2D eigenvalue weighted by atomic mass is 10.1. The zero-order valence-corrected chi connectivity index (χ0v) is 21.9. The molecule has 0 aliphatic heterocycles. The molecule has 0 aliphatic rings. The number of ether oxygens (including phenoxy) is 1. The van der Waals surface area contributed by atoms with Crippen LogP contribution in [-0.2, 0) is 20.8 Å². The van der Waals surface area contributed by atoms with Crippen LogP contribution in [0.1, 0.15) is 36.2 Å². The van der Waals surface area contributed by atoms with Gasteiger partial charge in [0.1, 0.15) is 5.75 Å². The predicted octanol–water partition coefficient (Wildman–Crippen LogP) is 3.92. The number of hydrogen-bond donors (Lipinski definition) is 5. The van der Waals surface area contributed by atoms with Gasteiger partial charge < -0.3 is 31.1 Å². The number of nitrogens with one attached hydrogen (secondary N) is 4. The molecule has 3 rings (SSSR count). The molecule has 3 amide bonds. The first kappa shape index (κ1) is 28.6. The summed E-state index contributed by atoms with van der Waals surface area (Å²) < 4.78 is 5.41. The van der Waals surface area contributed by atoms with Crippen LogP contribution in [0.4, 0.5) is 21.9 Å². The minimum absolute atomic E-state index is 0.0342. The van der Waals surface area contributed by atoms with Crippen LogP contribution in [0.15, 0.2) is 60.8 Å². The van der Waals surface area contributed by atoms with Gasteiger partial charge in [0.05, 0.1) is 49.4 Å². The number of urea groups is 1. The summed E-state index contributed by atoms with van der Waals surface area (Å²) in [6.07, 6.45) is 1.31. The van der Waals surface area contributed by atoms with E-state index in [-0.39, 0.29) is 31.1 Å². The predicted molar refractivity (Wildman–Crippen MR) is 147 cm³/mol. The number of para-hydroxylation sites is 1. The molecule has 0 spiro atoms. The van der Waals surface area contributed by atoms with Gasteiger partial charge in [0.25, 0.3) is 0 Å². The molecule has 0 saturated heterocycles. The van der Waals surface area contributed by atoms with E-state index < -0.39 is 18.0 Å². The molecule has 2 aromatic carbocycles.